The molecule has 2 aliphatic carbocycles. The van der Waals surface area contributed by atoms with Gasteiger partial charge in [-0.3, -0.25) is 20.1 Å². The minimum atomic E-state index is -4.49. The molecular formula is C33H44F3N3O2. The molecule has 0 saturated heterocycles. The molecule has 1 saturated carbocycles. The number of amidine groups is 1. The van der Waals surface area contributed by atoms with E-state index in [9.17, 15) is 18.0 Å². The molecule has 5 nitrogen and oxygen atoms in total. The van der Waals surface area contributed by atoms with Crippen LogP contribution in [0.2, 0.25) is 0 Å². The first-order chi connectivity index (χ1) is 19.5. The van der Waals surface area contributed by atoms with Gasteiger partial charge in [0.2, 0.25) is 5.91 Å². The third kappa shape index (κ3) is 6.37. The Labute approximate surface area is 242 Å². The Hall–Kier alpha value is -2.74. The van der Waals surface area contributed by atoms with Crippen LogP contribution in [0.25, 0.3) is 11.1 Å². The molecule has 0 radical (unpaired) electrons. The monoisotopic (exact) mass is 571 g/mol. The van der Waals surface area contributed by atoms with E-state index in [2.05, 4.69) is 18.8 Å². The van der Waals surface area contributed by atoms with E-state index in [1.807, 2.05) is 26.0 Å². The molecule has 1 spiro atoms. The van der Waals surface area contributed by atoms with Crippen molar-refractivity contribution < 1.29 is 22.7 Å². The van der Waals surface area contributed by atoms with E-state index in [1.165, 1.54) is 6.20 Å². The standard InChI is InChI=1S/C33H44F3N3O2/c1-6-8-10-29(37)39(21(3)4)31(40)30-27-17-23(24-16-25(20-38-19-24)33(34,35)36)15-22(9-7-2)28(27)18-32(30)13-11-26(41-5)12-14-32/h15-17,19-21,26,30,37H,6-14,18H2,1-5H3. The summed E-state index contributed by atoms with van der Waals surface area (Å²) in [5.41, 5.74) is 3.13. The Morgan fingerprint density at radius 2 is 1.83 bits per heavy atom. The molecule has 1 unspecified atom stereocenters. The smallest absolute Gasteiger partial charge is 0.381 e. The van der Waals surface area contributed by atoms with Crippen LogP contribution in [0.3, 0.4) is 0 Å². The zero-order valence-corrected chi connectivity index (χ0v) is 25.0. The molecule has 1 aromatic carbocycles. The molecule has 1 fully saturated rings. The molecule has 8 heteroatoms. The van der Waals surface area contributed by atoms with Crippen LogP contribution in [0.1, 0.15) is 107 Å². The fourth-order valence-corrected chi connectivity index (χ4v) is 6.99. The number of pyridine rings is 1. The fraction of sp³-hybridized carbons (Fsp3) is 0.606. The number of rotatable bonds is 9. The van der Waals surface area contributed by atoms with Gasteiger partial charge < -0.3 is 4.74 Å². The van der Waals surface area contributed by atoms with E-state index in [0.29, 0.717) is 23.4 Å². The van der Waals surface area contributed by atoms with Crippen molar-refractivity contribution in [1.29, 1.82) is 5.41 Å². The molecule has 4 rings (SSSR count). The predicted octanol–water partition coefficient (Wildman–Crippen LogP) is 8.34. The van der Waals surface area contributed by atoms with Gasteiger partial charge in [-0.2, -0.15) is 13.2 Å². The number of benzene rings is 1. The van der Waals surface area contributed by atoms with Crippen LogP contribution in [0.5, 0.6) is 0 Å². The van der Waals surface area contributed by atoms with Crippen LogP contribution in [0.15, 0.2) is 30.6 Å². The van der Waals surface area contributed by atoms with Crippen molar-refractivity contribution in [1.82, 2.24) is 9.88 Å². The summed E-state index contributed by atoms with van der Waals surface area (Å²) in [6, 6.07) is 4.93. The van der Waals surface area contributed by atoms with Crippen molar-refractivity contribution in [2.24, 2.45) is 5.41 Å². The number of hydrogen-bond acceptors (Lipinski definition) is 4. The molecule has 1 atom stereocenters. The highest BCUT2D eigenvalue weighted by atomic mass is 19.4. The van der Waals surface area contributed by atoms with Gasteiger partial charge in [0.05, 0.1) is 17.6 Å². The average Bonchev–Trinajstić information content (AvgIpc) is 3.25. The van der Waals surface area contributed by atoms with E-state index in [-0.39, 0.29) is 23.5 Å². The van der Waals surface area contributed by atoms with Gasteiger partial charge >= 0.3 is 6.18 Å². The predicted molar refractivity (Wildman–Crippen MR) is 156 cm³/mol. The van der Waals surface area contributed by atoms with Gasteiger partial charge in [0.15, 0.2) is 0 Å². The van der Waals surface area contributed by atoms with Crippen LogP contribution < -0.4 is 0 Å². The number of nitrogens with zero attached hydrogens (tertiary/aromatic N) is 2. The highest BCUT2D eigenvalue weighted by molar-refractivity contribution is 6.01. The lowest BCUT2D eigenvalue weighted by atomic mass is 9.65. The van der Waals surface area contributed by atoms with Gasteiger partial charge in [-0.15, -0.1) is 0 Å². The third-order valence-electron chi connectivity index (χ3n) is 9.07. The second-order valence-electron chi connectivity index (χ2n) is 12.2. The molecular weight excluding hydrogens is 527 g/mol. The number of carbonyl (C=O) groups is 1. The number of halogens is 3. The molecule has 0 bridgehead atoms. The summed E-state index contributed by atoms with van der Waals surface area (Å²) in [7, 11) is 1.74. The first kappa shape index (κ1) is 31.2. The Kier molecular flexibility index (Phi) is 9.62. The first-order valence-electron chi connectivity index (χ1n) is 15.1. The summed E-state index contributed by atoms with van der Waals surface area (Å²) in [5.74, 6) is -0.181. The highest BCUT2D eigenvalue weighted by Crippen LogP contribution is 2.57. The normalized spacial score (nSPS) is 22.3. The molecule has 0 aliphatic heterocycles. The van der Waals surface area contributed by atoms with Crippen molar-refractivity contribution >= 4 is 11.7 Å². The number of amides is 1. The largest absolute Gasteiger partial charge is 0.417 e. The van der Waals surface area contributed by atoms with Crippen LogP contribution in [0.4, 0.5) is 13.2 Å². The van der Waals surface area contributed by atoms with Gasteiger partial charge in [-0.05, 0) is 98.6 Å². The summed E-state index contributed by atoms with van der Waals surface area (Å²) in [6.45, 7) is 8.08. The number of fused-ring (bicyclic) bond motifs is 1. The quantitative estimate of drug-likeness (QED) is 0.243. The van der Waals surface area contributed by atoms with Gasteiger partial charge in [0.25, 0.3) is 0 Å². The molecule has 41 heavy (non-hydrogen) atoms. The number of hydrogen-bond donors (Lipinski definition) is 1. The Morgan fingerprint density at radius 3 is 2.41 bits per heavy atom. The maximum absolute atomic E-state index is 14.7. The maximum Gasteiger partial charge on any atom is 0.417 e. The van der Waals surface area contributed by atoms with Crippen molar-refractivity contribution in [2.75, 3.05) is 7.11 Å². The third-order valence-corrected chi connectivity index (χ3v) is 9.07. The van der Waals surface area contributed by atoms with Gasteiger partial charge in [-0.25, -0.2) is 0 Å². The molecule has 1 heterocycles. The van der Waals surface area contributed by atoms with Crippen molar-refractivity contribution in [3.63, 3.8) is 0 Å². The number of nitrogens with one attached hydrogen (secondary N) is 1. The number of aryl methyl sites for hydroxylation is 1. The summed E-state index contributed by atoms with van der Waals surface area (Å²) < 4.78 is 46.4. The zero-order valence-electron chi connectivity index (χ0n) is 25.0. The topological polar surface area (TPSA) is 66.3 Å². The lowest BCUT2D eigenvalue weighted by Crippen LogP contribution is -2.48. The van der Waals surface area contributed by atoms with Gasteiger partial charge in [0, 0.05) is 37.5 Å². The zero-order chi connectivity index (χ0) is 29.9. The SMILES string of the molecule is CCCCC(=N)N(C(=O)C1c2cc(-c3cncc(C(F)(F)F)c3)cc(CCC)c2CC12CCC(OC)CC2)C(C)C. The molecule has 1 aromatic heterocycles. The van der Waals surface area contributed by atoms with Crippen LogP contribution in [0, 0.1) is 10.8 Å². The second-order valence-corrected chi connectivity index (χ2v) is 12.2. The van der Waals surface area contributed by atoms with Gasteiger partial charge in [-0.1, -0.05) is 32.8 Å². The maximum atomic E-state index is 14.7. The minimum absolute atomic E-state index is 0.0579. The Balaban J connectivity index is 1.88. The fourth-order valence-electron chi connectivity index (χ4n) is 6.99. The van der Waals surface area contributed by atoms with E-state index in [1.54, 1.807) is 12.0 Å². The number of ether oxygens (including phenoxy) is 1. The Morgan fingerprint density at radius 1 is 1.12 bits per heavy atom. The van der Waals surface area contributed by atoms with E-state index in [0.717, 1.165) is 86.7 Å². The van der Waals surface area contributed by atoms with Crippen LogP contribution in [-0.2, 0) is 28.5 Å². The number of alkyl halides is 3. The van der Waals surface area contributed by atoms with E-state index >= 15 is 0 Å². The molecule has 1 N–H and O–H groups in total. The minimum Gasteiger partial charge on any atom is -0.381 e. The van der Waals surface area contributed by atoms with Crippen molar-refractivity contribution in [3.8, 4) is 11.1 Å². The number of carbonyl (C=O) groups excluding carboxylic acids is 1. The second kappa shape index (κ2) is 12.6. The highest BCUT2D eigenvalue weighted by Gasteiger charge is 2.53. The lowest BCUT2D eigenvalue weighted by molar-refractivity contribution is -0.138. The molecule has 2 aliphatic rings. The van der Waals surface area contributed by atoms with Crippen molar-refractivity contribution in [3.05, 3.63) is 52.8 Å². The number of methoxy groups -OCH3 is 1. The number of unbranched alkanes of at least 4 members (excludes halogenated alkanes) is 1. The molecule has 2 aromatic rings. The van der Waals surface area contributed by atoms with Crippen molar-refractivity contribution in [2.45, 2.75) is 116 Å². The number of aromatic nitrogens is 1. The Bertz CT molecular complexity index is 1250. The van der Waals surface area contributed by atoms with Crippen LogP contribution >= 0.6 is 0 Å². The molecule has 1 amide bonds. The summed E-state index contributed by atoms with van der Waals surface area (Å²) in [5, 5.41) is 8.86. The summed E-state index contributed by atoms with van der Waals surface area (Å²) in [6.07, 6.45) is 6.10. The summed E-state index contributed by atoms with van der Waals surface area (Å²) >= 11 is 0. The lowest BCUT2D eigenvalue weighted by Gasteiger charge is -2.43. The van der Waals surface area contributed by atoms with Crippen LogP contribution in [-0.4, -0.2) is 40.9 Å². The molecule has 224 valence electrons. The van der Waals surface area contributed by atoms with E-state index in [4.69, 9.17) is 10.1 Å². The average molecular weight is 572 g/mol. The van der Waals surface area contributed by atoms with E-state index < -0.39 is 17.7 Å². The van der Waals surface area contributed by atoms with Gasteiger partial charge in [0.1, 0.15) is 5.84 Å². The first-order valence-corrected chi connectivity index (χ1v) is 15.1. The summed E-state index contributed by atoms with van der Waals surface area (Å²) in [4.78, 5) is 20.3.